The van der Waals surface area contributed by atoms with Gasteiger partial charge in [-0.2, -0.15) is 8.78 Å². The van der Waals surface area contributed by atoms with Gasteiger partial charge in [-0.15, -0.1) is 0 Å². The van der Waals surface area contributed by atoms with Gasteiger partial charge in [0.05, 0.1) is 13.0 Å². The van der Waals surface area contributed by atoms with E-state index in [1.54, 1.807) is 18.2 Å². The van der Waals surface area contributed by atoms with Crippen LogP contribution in [0.2, 0.25) is 0 Å². The van der Waals surface area contributed by atoms with Gasteiger partial charge in [-0.3, -0.25) is 9.59 Å². The number of amides is 1. The molecule has 21 heavy (non-hydrogen) atoms. The van der Waals surface area contributed by atoms with Gasteiger partial charge in [-0.1, -0.05) is 18.2 Å². The number of hydrogen-bond acceptors (Lipinski definition) is 4. The molecule has 0 aliphatic carbocycles. The van der Waals surface area contributed by atoms with E-state index >= 15 is 0 Å². The van der Waals surface area contributed by atoms with Crippen LogP contribution in [0.5, 0.6) is 5.75 Å². The van der Waals surface area contributed by atoms with Gasteiger partial charge in [0.15, 0.2) is 0 Å². The number of nitrogens with zero attached hydrogens (tertiary/aromatic N) is 1. The van der Waals surface area contributed by atoms with E-state index in [4.69, 9.17) is 0 Å². The number of alkyl halides is 2. The fraction of sp³-hybridized carbons (Fsp3) is 0.429. The normalized spacial score (nSPS) is 18.2. The topological polar surface area (TPSA) is 55.8 Å². The van der Waals surface area contributed by atoms with Crippen LogP contribution in [0.1, 0.15) is 12.0 Å². The lowest BCUT2D eigenvalue weighted by atomic mass is 10.1. The van der Waals surface area contributed by atoms with Crippen LogP contribution in [0.4, 0.5) is 8.78 Å². The first-order valence-electron chi connectivity index (χ1n) is 6.39. The van der Waals surface area contributed by atoms with Crippen molar-refractivity contribution in [1.29, 1.82) is 0 Å². The van der Waals surface area contributed by atoms with Crippen molar-refractivity contribution in [2.45, 2.75) is 19.6 Å². The van der Waals surface area contributed by atoms with Crippen molar-refractivity contribution in [2.75, 3.05) is 13.7 Å². The molecule has 1 aromatic carbocycles. The van der Waals surface area contributed by atoms with Crippen LogP contribution in [-0.4, -0.2) is 37.0 Å². The van der Waals surface area contributed by atoms with Gasteiger partial charge in [0.25, 0.3) is 0 Å². The van der Waals surface area contributed by atoms with Gasteiger partial charge in [0.2, 0.25) is 5.91 Å². The molecule has 1 atom stereocenters. The number of likely N-dealkylation sites (tertiary alicyclic amines) is 1. The smallest absolute Gasteiger partial charge is 0.387 e. The van der Waals surface area contributed by atoms with Crippen LogP contribution in [0.15, 0.2) is 24.3 Å². The molecule has 0 saturated carbocycles. The highest BCUT2D eigenvalue weighted by Gasteiger charge is 2.35. The number of benzene rings is 1. The Labute approximate surface area is 120 Å². The molecule has 2 rings (SSSR count). The van der Waals surface area contributed by atoms with E-state index in [0.717, 1.165) is 0 Å². The summed E-state index contributed by atoms with van der Waals surface area (Å²) in [5, 5.41) is 0. The van der Waals surface area contributed by atoms with E-state index in [-0.39, 0.29) is 31.2 Å². The van der Waals surface area contributed by atoms with Crippen LogP contribution in [0.3, 0.4) is 0 Å². The molecule has 1 unspecified atom stereocenters. The third-order valence-corrected chi connectivity index (χ3v) is 3.30. The molecule has 114 valence electrons. The zero-order chi connectivity index (χ0) is 15.4. The van der Waals surface area contributed by atoms with E-state index in [0.29, 0.717) is 5.56 Å². The van der Waals surface area contributed by atoms with Crippen molar-refractivity contribution < 1.29 is 27.8 Å². The fourth-order valence-corrected chi connectivity index (χ4v) is 2.30. The van der Waals surface area contributed by atoms with Gasteiger partial charge in [-0.05, 0) is 6.07 Å². The summed E-state index contributed by atoms with van der Waals surface area (Å²) in [5.74, 6) is -1.13. The molecule has 0 spiro atoms. The minimum Gasteiger partial charge on any atom is -0.469 e. The maximum Gasteiger partial charge on any atom is 0.387 e. The number of methoxy groups -OCH3 is 1. The summed E-state index contributed by atoms with van der Waals surface area (Å²) >= 11 is 0. The number of para-hydroxylation sites is 1. The Kier molecular flexibility index (Phi) is 4.72. The highest BCUT2D eigenvalue weighted by atomic mass is 19.3. The quantitative estimate of drug-likeness (QED) is 0.778. The first kappa shape index (κ1) is 15.2. The summed E-state index contributed by atoms with van der Waals surface area (Å²) in [5.41, 5.74) is 0.469. The predicted octanol–water partition coefficient (Wildman–Crippen LogP) is 1.81. The van der Waals surface area contributed by atoms with Crippen LogP contribution in [-0.2, 0) is 20.9 Å². The zero-order valence-electron chi connectivity index (χ0n) is 11.4. The minimum atomic E-state index is -2.93. The molecule has 0 N–H and O–H groups in total. The number of carbonyl (C=O) groups is 2. The molecule has 1 saturated heterocycles. The molecule has 1 amide bonds. The van der Waals surface area contributed by atoms with Gasteiger partial charge in [-0.25, -0.2) is 0 Å². The summed E-state index contributed by atoms with van der Waals surface area (Å²) in [4.78, 5) is 24.8. The lowest BCUT2D eigenvalue weighted by molar-refractivity contribution is -0.145. The lowest BCUT2D eigenvalue weighted by Gasteiger charge is -2.18. The summed E-state index contributed by atoms with van der Waals surface area (Å²) in [7, 11) is 1.27. The second kappa shape index (κ2) is 6.51. The van der Waals surface area contributed by atoms with E-state index in [9.17, 15) is 18.4 Å². The Morgan fingerprint density at radius 1 is 1.43 bits per heavy atom. The summed E-state index contributed by atoms with van der Waals surface area (Å²) in [6.45, 7) is -2.59. The Bertz CT molecular complexity index is 535. The maximum absolute atomic E-state index is 12.3. The SMILES string of the molecule is COC(=O)C1CC(=O)N(Cc2ccccc2OC(F)F)C1. The van der Waals surface area contributed by atoms with Crippen molar-refractivity contribution in [3.8, 4) is 5.75 Å². The minimum absolute atomic E-state index is 0.0295. The standard InChI is InChI=1S/C14H15F2NO4/c1-20-13(19)10-6-12(18)17(8-10)7-9-4-2-3-5-11(9)21-14(15)16/h2-5,10,14H,6-8H2,1H3. The van der Waals surface area contributed by atoms with Gasteiger partial charge in [0, 0.05) is 25.1 Å². The Morgan fingerprint density at radius 3 is 2.81 bits per heavy atom. The summed E-state index contributed by atoms with van der Waals surface area (Å²) < 4.78 is 33.7. The largest absolute Gasteiger partial charge is 0.469 e. The average molecular weight is 299 g/mol. The van der Waals surface area contributed by atoms with Gasteiger partial charge < -0.3 is 14.4 Å². The average Bonchev–Trinajstić information content (AvgIpc) is 2.81. The van der Waals surface area contributed by atoms with Crippen molar-refractivity contribution in [1.82, 2.24) is 4.90 Å². The first-order chi connectivity index (χ1) is 10.0. The van der Waals surface area contributed by atoms with Crippen LogP contribution >= 0.6 is 0 Å². The van der Waals surface area contributed by atoms with E-state index in [1.165, 1.54) is 18.1 Å². The lowest BCUT2D eigenvalue weighted by Crippen LogP contribution is -2.26. The Balaban J connectivity index is 2.08. The predicted molar refractivity (Wildman–Crippen MR) is 68.6 cm³/mol. The third kappa shape index (κ3) is 3.68. The van der Waals surface area contributed by atoms with E-state index in [1.807, 2.05) is 0 Å². The summed E-state index contributed by atoms with van der Waals surface area (Å²) in [6.07, 6.45) is 0.0740. The molecule has 1 fully saturated rings. The Morgan fingerprint density at radius 2 is 2.14 bits per heavy atom. The first-order valence-corrected chi connectivity index (χ1v) is 6.39. The number of halogens is 2. The number of rotatable bonds is 5. The van der Waals surface area contributed by atoms with Crippen molar-refractivity contribution in [3.63, 3.8) is 0 Å². The molecule has 1 aromatic rings. The molecular weight excluding hydrogens is 284 g/mol. The van der Waals surface area contributed by atoms with E-state index < -0.39 is 18.5 Å². The van der Waals surface area contributed by atoms with Crippen LogP contribution in [0.25, 0.3) is 0 Å². The molecule has 1 aliphatic rings. The molecular formula is C14H15F2NO4. The number of esters is 1. The van der Waals surface area contributed by atoms with Gasteiger partial charge >= 0.3 is 12.6 Å². The van der Waals surface area contributed by atoms with Crippen molar-refractivity contribution in [3.05, 3.63) is 29.8 Å². The van der Waals surface area contributed by atoms with Gasteiger partial charge in [0.1, 0.15) is 5.75 Å². The number of ether oxygens (including phenoxy) is 2. The molecule has 1 aliphatic heterocycles. The number of carbonyl (C=O) groups excluding carboxylic acids is 2. The van der Waals surface area contributed by atoms with E-state index in [2.05, 4.69) is 9.47 Å². The maximum atomic E-state index is 12.3. The van der Waals surface area contributed by atoms with Crippen LogP contribution in [0, 0.1) is 5.92 Å². The Hall–Kier alpha value is -2.18. The highest BCUT2D eigenvalue weighted by molar-refractivity contribution is 5.86. The molecule has 5 nitrogen and oxygen atoms in total. The third-order valence-electron chi connectivity index (χ3n) is 3.30. The zero-order valence-corrected chi connectivity index (χ0v) is 11.4. The molecule has 0 bridgehead atoms. The number of hydrogen-bond donors (Lipinski definition) is 0. The van der Waals surface area contributed by atoms with Crippen LogP contribution < -0.4 is 4.74 Å². The molecule has 1 heterocycles. The van der Waals surface area contributed by atoms with Crippen molar-refractivity contribution in [2.24, 2.45) is 5.92 Å². The molecule has 7 heteroatoms. The van der Waals surface area contributed by atoms with Crippen molar-refractivity contribution >= 4 is 11.9 Å². The second-order valence-corrected chi connectivity index (χ2v) is 4.68. The second-order valence-electron chi connectivity index (χ2n) is 4.68. The molecule has 0 radical (unpaired) electrons. The summed E-state index contributed by atoms with van der Waals surface area (Å²) in [6, 6.07) is 6.27. The monoisotopic (exact) mass is 299 g/mol. The highest BCUT2D eigenvalue weighted by Crippen LogP contribution is 2.26. The molecule has 0 aromatic heterocycles. The fourth-order valence-electron chi connectivity index (χ4n) is 2.30.